The van der Waals surface area contributed by atoms with Crippen molar-refractivity contribution in [3.05, 3.63) is 0 Å². The van der Waals surface area contributed by atoms with Crippen molar-refractivity contribution in [3.63, 3.8) is 0 Å². The third-order valence-electron chi connectivity index (χ3n) is 4.99. The van der Waals surface area contributed by atoms with Crippen LogP contribution >= 0.6 is 0 Å². The molecule has 17 heteroatoms. The van der Waals surface area contributed by atoms with Gasteiger partial charge in [-0.3, -0.25) is 0 Å². The lowest BCUT2D eigenvalue weighted by molar-refractivity contribution is -0.349. The van der Waals surface area contributed by atoms with Crippen LogP contribution in [0.4, 0.5) is 35.1 Å². The molecule has 0 bridgehead atoms. The zero-order valence-corrected chi connectivity index (χ0v) is 23.4. The molecular weight excluding hydrogens is 584 g/mol. The molecule has 0 aromatic heterocycles. The highest BCUT2D eigenvalue weighted by atomic mass is 19.3. The summed E-state index contributed by atoms with van der Waals surface area (Å²) in [5.74, 6) is -8.47. The number of alkyl halides is 8. The fourth-order valence-electron chi connectivity index (χ4n) is 2.50. The summed E-state index contributed by atoms with van der Waals surface area (Å²) in [5, 5.41) is 0. The van der Waals surface area contributed by atoms with E-state index in [1.165, 1.54) is 0 Å². The minimum atomic E-state index is -4.54. The number of halogens is 8. The molecule has 0 saturated carbocycles. The van der Waals surface area contributed by atoms with Crippen molar-refractivity contribution in [2.24, 2.45) is 0 Å². The van der Waals surface area contributed by atoms with Gasteiger partial charge in [0, 0.05) is 12.8 Å². The summed E-state index contributed by atoms with van der Waals surface area (Å²) >= 11 is 0. The molecule has 0 fully saturated rings. The van der Waals surface area contributed by atoms with Crippen LogP contribution in [-0.4, -0.2) is 130 Å². The average Bonchev–Trinajstić information content (AvgIpc) is 2.92. The monoisotopic (exact) mass is 626 g/mol. The highest BCUT2D eigenvalue weighted by molar-refractivity contribution is 4.75. The first-order chi connectivity index (χ1) is 19.3. The van der Waals surface area contributed by atoms with Crippen molar-refractivity contribution in [1.29, 1.82) is 0 Å². The van der Waals surface area contributed by atoms with Crippen LogP contribution in [0.15, 0.2) is 0 Å². The second-order valence-corrected chi connectivity index (χ2v) is 8.13. The summed E-state index contributed by atoms with van der Waals surface area (Å²) in [6, 6.07) is 0. The van der Waals surface area contributed by atoms with Crippen LogP contribution in [0.25, 0.3) is 0 Å². The maximum atomic E-state index is 13.1. The number of ether oxygens (including phenoxy) is 9. The Morgan fingerprint density at radius 2 is 0.488 bits per heavy atom. The van der Waals surface area contributed by atoms with Crippen LogP contribution < -0.4 is 0 Å². The summed E-state index contributed by atoms with van der Waals surface area (Å²) in [6.07, 6.45) is -11.2. The van der Waals surface area contributed by atoms with Crippen LogP contribution in [0.2, 0.25) is 0 Å². The van der Waals surface area contributed by atoms with Gasteiger partial charge in [0.15, 0.2) is 0 Å². The molecule has 0 radical (unpaired) electrons. The molecule has 248 valence electrons. The van der Waals surface area contributed by atoms with E-state index in [1.807, 2.05) is 0 Å². The van der Waals surface area contributed by atoms with E-state index in [1.54, 1.807) is 0 Å². The van der Waals surface area contributed by atoms with E-state index in [9.17, 15) is 35.1 Å². The normalized spacial score (nSPS) is 13.3. The van der Waals surface area contributed by atoms with Gasteiger partial charge >= 0.3 is 24.1 Å². The van der Waals surface area contributed by atoms with E-state index in [-0.39, 0.29) is 66.1 Å². The van der Waals surface area contributed by atoms with Gasteiger partial charge in [-0.2, -0.15) is 35.1 Å². The second kappa shape index (κ2) is 22.6. The Balaban J connectivity index is 3.31. The van der Waals surface area contributed by atoms with E-state index in [0.717, 1.165) is 13.8 Å². The van der Waals surface area contributed by atoms with Gasteiger partial charge in [-0.15, -0.1) is 0 Å². The van der Waals surface area contributed by atoms with Crippen molar-refractivity contribution in [2.75, 3.05) is 106 Å². The molecule has 0 spiro atoms. The van der Waals surface area contributed by atoms with Gasteiger partial charge < -0.3 is 42.6 Å². The standard InChI is InChI=1S/C24H42F8O9/c1-3-21(25,26)23(29,30)40-19-17-38-15-13-36-11-9-34-7-5-33-6-8-35-10-12-37-14-16-39-18-20-41-24(31,32)22(27,28)4-2/h3-20H2,1-2H3. The quantitative estimate of drug-likeness (QED) is 0.0851. The molecule has 0 amide bonds. The molecule has 9 nitrogen and oxygen atoms in total. The first-order valence-electron chi connectivity index (χ1n) is 13.2. The smallest absolute Gasteiger partial charge is 0.377 e. The van der Waals surface area contributed by atoms with E-state index >= 15 is 0 Å². The van der Waals surface area contributed by atoms with Crippen LogP contribution in [0.3, 0.4) is 0 Å². The maximum absolute atomic E-state index is 13.1. The minimum absolute atomic E-state index is 0.0745. The van der Waals surface area contributed by atoms with E-state index in [2.05, 4.69) is 9.47 Å². The van der Waals surface area contributed by atoms with Crippen molar-refractivity contribution < 1.29 is 77.8 Å². The summed E-state index contributed by atoms with van der Waals surface area (Å²) in [5.41, 5.74) is 0. The van der Waals surface area contributed by atoms with Crippen molar-refractivity contribution >= 4 is 0 Å². The molecule has 0 aromatic rings. The predicted molar refractivity (Wildman–Crippen MR) is 128 cm³/mol. The molecule has 0 atom stereocenters. The van der Waals surface area contributed by atoms with Gasteiger partial charge in [0.25, 0.3) is 0 Å². The lowest BCUT2D eigenvalue weighted by Crippen LogP contribution is -2.42. The summed E-state index contributed by atoms with van der Waals surface area (Å²) < 4.78 is 148. The van der Waals surface area contributed by atoms with E-state index in [4.69, 9.17) is 33.2 Å². The molecule has 0 unspecified atom stereocenters. The van der Waals surface area contributed by atoms with Crippen molar-refractivity contribution in [1.82, 2.24) is 0 Å². The summed E-state index contributed by atoms with van der Waals surface area (Å²) in [4.78, 5) is 0. The van der Waals surface area contributed by atoms with Crippen LogP contribution in [0, 0.1) is 0 Å². The van der Waals surface area contributed by atoms with Crippen LogP contribution in [-0.2, 0) is 42.6 Å². The largest absolute Gasteiger partial charge is 0.419 e. The predicted octanol–water partition coefficient (Wildman–Crippen LogP) is 4.41. The van der Waals surface area contributed by atoms with Crippen LogP contribution in [0.5, 0.6) is 0 Å². The van der Waals surface area contributed by atoms with E-state index < -0.39 is 50.1 Å². The Morgan fingerprint density at radius 3 is 0.659 bits per heavy atom. The number of hydrogen-bond acceptors (Lipinski definition) is 9. The molecule has 0 saturated heterocycles. The Labute approximate surface area is 234 Å². The minimum Gasteiger partial charge on any atom is -0.377 e. The third-order valence-corrected chi connectivity index (χ3v) is 4.99. The fraction of sp³-hybridized carbons (Fsp3) is 1.00. The first-order valence-corrected chi connectivity index (χ1v) is 13.2. The van der Waals surface area contributed by atoms with Gasteiger partial charge in [0.05, 0.1) is 106 Å². The fourth-order valence-corrected chi connectivity index (χ4v) is 2.50. The Kier molecular flexibility index (Phi) is 22.1. The van der Waals surface area contributed by atoms with Gasteiger partial charge in [0.1, 0.15) is 0 Å². The topological polar surface area (TPSA) is 83.1 Å². The molecular formula is C24H42F8O9. The maximum Gasteiger partial charge on any atom is 0.419 e. The molecule has 0 aliphatic carbocycles. The molecule has 0 N–H and O–H groups in total. The SMILES string of the molecule is CCC(F)(F)C(F)(F)OCCOCCOCCOCCOCCOCCOCCOCCOC(F)(F)C(F)(F)CC. The molecule has 0 rings (SSSR count). The Hall–Kier alpha value is -0.920. The van der Waals surface area contributed by atoms with Gasteiger partial charge in [0.2, 0.25) is 0 Å². The number of hydrogen-bond donors (Lipinski definition) is 0. The first kappa shape index (κ1) is 40.1. The van der Waals surface area contributed by atoms with Gasteiger partial charge in [-0.05, 0) is 0 Å². The highest BCUT2D eigenvalue weighted by Crippen LogP contribution is 2.38. The Morgan fingerprint density at radius 1 is 0.317 bits per heavy atom. The number of rotatable bonds is 30. The second-order valence-electron chi connectivity index (χ2n) is 8.13. The summed E-state index contributed by atoms with van der Waals surface area (Å²) in [6.45, 7) is 2.82. The average molecular weight is 627 g/mol. The molecule has 0 aromatic carbocycles. The van der Waals surface area contributed by atoms with Crippen molar-refractivity contribution in [3.8, 4) is 0 Å². The molecule has 0 aliphatic heterocycles. The molecule has 41 heavy (non-hydrogen) atoms. The zero-order chi connectivity index (χ0) is 31.1. The molecule has 0 heterocycles. The highest BCUT2D eigenvalue weighted by Gasteiger charge is 2.57. The van der Waals surface area contributed by atoms with Crippen molar-refractivity contribution in [2.45, 2.75) is 50.8 Å². The van der Waals surface area contributed by atoms with E-state index in [0.29, 0.717) is 26.4 Å². The Bertz CT molecular complexity index is 570. The lowest BCUT2D eigenvalue weighted by atomic mass is 10.2. The lowest BCUT2D eigenvalue weighted by Gasteiger charge is -2.24. The van der Waals surface area contributed by atoms with Gasteiger partial charge in [-0.1, -0.05) is 13.8 Å². The third kappa shape index (κ3) is 19.1. The van der Waals surface area contributed by atoms with Crippen LogP contribution in [0.1, 0.15) is 26.7 Å². The zero-order valence-electron chi connectivity index (χ0n) is 23.4. The molecule has 0 aliphatic rings. The summed E-state index contributed by atoms with van der Waals surface area (Å²) in [7, 11) is 0. The van der Waals surface area contributed by atoms with Gasteiger partial charge in [-0.25, -0.2) is 0 Å².